The fourth-order valence-corrected chi connectivity index (χ4v) is 4.76. The van der Waals surface area contributed by atoms with E-state index in [4.69, 9.17) is 16.3 Å². The first-order chi connectivity index (χ1) is 18.0. The topological polar surface area (TPSA) is 9.23 Å². The number of hydrogen-bond donors (Lipinski definition) is 0. The molecule has 4 rings (SSSR count). The first kappa shape index (κ1) is 27.1. The normalized spacial score (nSPS) is 11.2. The predicted molar refractivity (Wildman–Crippen MR) is 151 cm³/mol. The lowest BCUT2D eigenvalue weighted by molar-refractivity contribution is 0.304. The summed E-state index contributed by atoms with van der Waals surface area (Å²) in [5.74, 6) is 0.292. The third-order valence-electron chi connectivity index (χ3n) is 6.91. The van der Waals surface area contributed by atoms with Crippen molar-refractivity contribution in [3.63, 3.8) is 0 Å². The zero-order valence-electron chi connectivity index (χ0n) is 21.5. The van der Waals surface area contributed by atoms with Gasteiger partial charge < -0.3 is 4.74 Å². The largest absolute Gasteiger partial charge is 0.494 e. The van der Waals surface area contributed by atoms with Gasteiger partial charge in [-0.05, 0) is 84.0 Å². The van der Waals surface area contributed by atoms with Gasteiger partial charge in [-0.25, -0.2) is 8.78 Å². The maximum absolute atomic E-state index is 15.2. The van der Waals surface area contributed by atoms with Crippen molar-refractivity contribution in [1.29, 1.82) is 0 Å². The second kappa shape index (κ2) is 13.6. The van der Waals surface area contributed by atoms with E-state index < -0.39 is 5.82 Å². The molecule has 0 amide bonds. The summed E-state index contributed by atoms with van der Waals surface area (Å²) in [7, 11) is 0. The molecule has 0 fully saturated rings. The predicted octanol–water partition coefficient (Wildman–Crippen LogP) is 9.69. The van der Waals surface area contributed by atoms with Crippen molar-refractivity contribution < 1.29 is 13.5 Å². The summed E-state index contributed by atoms with van der Waals surface area (Å²) in [5, 5.41) is 1.63. The van der Waals surface area contributed by atoms with E-state index in [2.05, 4.69) is 37.3 Å². The molecule has 0 saturated heterocycles. The molecule has 4 aromatic rings. The highest BCUT2D eigenvalue weighted by molar-refractivity contribution is 6.30. The van der Waals surface area contributed by atoms with Crippen LogP contribution in [0.5, 0.6) is 5.75 Å². The minimum absolute atomic E-state index is 0.103. The molecule has 4 heteroatoms. The van der Waals surface area contributed by atoms with Crippen LogP contribution in [0.15, 0.2) is 72.8 Å². The summed E-state index contributed by atoms with van der Waals surface area (Å²) in [5.41, 5.74) is 3.89. The van der Waals surface area contributed by atoms with Gasteiger partial charge in [0, 0.05) is 5.39 Å². The molecule has 0 aliphatic heterocycles. The van der Waals surface area contributed by atoms with Crippen molar-refractivity contribution in [2.24, 2.45) is 0 Å². The maximum atomic E-state index is 15.2. The molecule has 37 heavy (non-hydrogen) atoms. The molecule has 0 aromatic heterocycles. The van der Waals surface area contributed by atoms with Crippen LogP contribution < -0.4 is 4.74 Å². The second-order valence-electron chi connectivity index (χ2n) is 9.75. The van der Waals surface area contributed by atoms with Gasteiger partial charge in [0.05, 0.1) is 11.6 Å². The Morgan fingerprint density at radius 1 is 0.676 bits per heavy atom. The van der Waals surface area contributed by atoms with Crippen LogP contribution in [-0.4, -0.2) is 6.61 Å². The van der Waals surface area contributed by atoms with Crippen LogP contribution in [-0.2, 0) is 25.7 Å². The van der Waals surface area contributed by atoms with Crippen LogP contribution in [0.25, 0.3) is 10.8 Å². The van der Waals surface area contributed by atoms with Crippen molar-refractivity contribution in [2.45, 2.75) is 64.7 Å². The summed E-state index contributed by atoms with van der Waals surface area (Å²) in [4.78, 5) is 0. The van der Waals surface area contributed by atoms with E-state index in [0.29, 0.717) is 23.8 Å². The van der Waals surface area contributed by atoms with E-state index in [0.717, 1.165) is 42.6 Å². The summed E-state index contributed by atoms with van der Waals surface area (Å²) in [6, 6.07) is 22.9. The lowest BCUT2D eigenvalue weighted by Crippen LogP contribution is -1.98. The van der Waals surface area contributed by atoms with Gasteiger partial charge >= 0.3 is 0 Å². The number of aryl methyl sites for hydroxylation is 4. The summed E-state index contributed by atoms with van der Waals surface area (Å²) in [6.07, 6.45) is 9.04. The molecule has 0 bridgehead atoms. The van der Waals surface area contributed by atoms with Gasteiger partial charge in [0.1, 0.15) is 17.4 Å². The summed E-state index contributed by atoms with van der Waals surface area (Å²) >= 11 is 5.76. The first-order valence-electron chi connectivity index (χ1n) is 13.4. The standard InChI is InChI=1S/C33H35ClF2O/c1-2-3-4-5-6-21-37-29-17-10-24(11-18-29)7-8-25-12-19-30-28(22-25)16-15-27(33(30)36)14-9-26-13-20-31(34)32(35)23-26/h10-13,15-20,22-23H,2-9,14,21H2,1H3. The molecule has 194 valence electrons. The van der Waals surface area contributed by atoms with E-state index in [9.17, 15) is 4.39 Å². The number of halogens is 3. The van der Waals surface area contributed by atoms with Crippen LogP contribution in [0.1, 0.15) is 61.3 Å². The smallest absolute Gasteiger partial charge is 0.142 e. The molecule has 0 atom stereocenters. The highest BCUT2D eigenvalue weighted by Gasteiger charge is 2.10. The average molecular weight is 521 g/mol. The van der Waals surface area contributed by atoms with Crippen LogP contribution >= 0.6 is 11.6 Å². The molecular formula is C33H35ClF2O. The van der Waals surface area contributed by atoms with E-state index in [-0.39, 0.29) is 10.8 Å². The Morgan fingerprint density at radius 3 is 2.14 bits per heavy atom. The van der Waals surface area contributed by atoms with Gasteiger partial charge in [-0.3, -0.25) is 0 Å². The van der Waals surface area contributed by atoms with Crippen molar-refractivity contribution in [1.82, 2.24) is 0 Å². The van der Waals surface area contributed by atoms with Gasteiger partial charge in [-0.15, -0.1) is 0 Å². The molecule has 1 nitrogen and oxygen atoms in total. The number of ether oxygens (including phenoxy) is 1. The Morgan fingerprint density at radius 2 is 1.35 bits per heavy atom. The van der Waals surface area contributed by atoms with Crippen LogP contribution in [0.4, 0.5) is 8.78 Å². The molecule has 0 saturated carbocycles. The molecule has 0 unspecified atom stereocenters. The van der Waals surface area contributed by atoms with E-state index in [1.54, 1.807) is 12.1 Å². The van der Waals surface area contributed by atoms with Crippen molar-refractivity contribution in [3.05, 3.63) is 112 Å². The highest BCUT2D eigenvalue weighted by atomic mass is 35.5. The fourth-order valence-electron chi connectivity index (χ4n) is 4.65. The average Bonchev–Trinajstić information content (AvgIpc) is 2.91. The molecule has 0 spiro atoms. The SMILES string of the molecule is CCCCCCCOc1ccc(CCc2ccc3c(F)c(CCc4ccc(Cl)c(F)c4)ccc3c2)cc1. The Hall–Kier alpha value is -2.91. The Balaban J connectivity index is 1.30. The molecule has 0 aliphatic rings. The number of rotatable bonds is 13. The van der Waals surface area contributed by atoms with Crippen LogP contribution in [0, 0.1) is 11.6 Å². The molecule has 0 aliphatic carbocycles. The fraction of sp³-hybridized carbons (Fsp3) is 0.333. The number of unbranched alkanes of at least 4 members (excludes halogenated alkanes) is 4. The maximum Gasteiger partial charge on any atom is 0.142 e. The molecular weight excluding hydrogens is 486 g/mol. The molecule has 0 heterocycles. The summed E-state index contributed by atoms with van der Waals surface area (Å²) in [6.45, 7) is 3.00. The van der Waals surface area contributed by atoms with Crippen molar-refractivity contribution in [2.75, 3.05) is 6.61 Å². The van der Waals surface area contributed by atoms with Crippen LogP contribution in [0.3, 0.4) is 0 Å². The zero-order valence-corrected chi connectivity index (χ0v) is 22.3. The Kier molecular flexibility index (Phi) is 9.96. The third kappa shape index (κ3) is 7.79. The van der Waals surface area contributed by atoms with Crippen molar-refractivity contribution >= 4 is 22.4 Å². The number of hydrogen-bond acceptors (Lipinski definition) is 1. The Labute approximate surface area is 224 Å². The molecule has 4 aromatic carbocycles. The van der Waals surface area contributed by atoms with Gasteiger partial charge in [-0.2, -0.15) is 0 Å². The van der Waals surface area contributed by atoms with Crippen LogP contribution in [0.2, 0.25) is 5.02 Å². The van der Waals surface area contributed by atoms with E-state index >= 15 is 4.39 Å². The number of benzene rings is 4. The van der Waals surface area contributed by atoms with Gasteiger partial charge in [0.25, 0.3) is 0 Å². The van der Waals surface area contributed by atoms with Crippen molar-refractivity contribution in [3.8, 4) is 5.75 Å². The highest BCUT2D eigenvalue weighted by Crippen LogP contribution is 2.25. The van der Waals surface area contributed by atoms with Gasteiger partial charge in [0.2, 0.25) is 0 Å². The molecule has 0 radical (unpaired) electrons. The third-order valence-corrected chi connectivity index (χ3v) is 7.21. The molecule has 0 N–H and O–H groups in total. The van der Waals surface area contributed by atoms with E-state index in [1.165, 1.54) is 42.9 Å². The van der Waals surface area contributed by atoms with Gasteiger partial charge in [-0.1, -0.05) is 92.7 Å². The monoisotopic (exact) mass is 520 g/mol. The Bertz CT molecular complexity index is 1300. The lowest BCUT2D eigenvalue weighted by atomic mass is 9.97. The summed E-state index contributed by atoms with van der Waals surface area (Å²) < 4.78 is 34.8. The first-order valence-corrected chi connectivity index (χ1v) is 13.8. The lowest BCUT2D eigenvalue weighted by Gasteiger charge is -2.10. The number of fused-ring (bicyclic) bond motifs is 1. The quantitative estimate of drug-likeness (QED) is 0.159. The minimum Gasteiger partial charge on any atom is -0.494 e. The van der Waals surface area contributed by atoms with E-state index in [1.807, 2.05) is 24.3 Å². The minimum atomic E-state index is -0.442. The van der Waals surface area contributed by atoms with Gasteiger partial charge in [0.15, 0.2) is 0 Å². The zero-order chi connectivity index (χ0) is 26.0. The second-order valence-corrected chi connectivity index (χ2v) is 10.2.